The van der Waals surface area contributed by atoms with Crippen LogP contribution in [0.15, 0.2) is 4.99 Å². The van der Waals surface area contributed by atoms with E-state index in [-0.39, 0.29) is 24.0 Å². The van der Waals surface area contributed by atoms with Crippen molar-refractivity contribution in [3.05, 3.63) is 17.0 Å². The summed E-state index contributed by atoms with van der Waals surface area (Å²) >= 11 is 0. The van der Waals surface area contributed by atoms with Crippen molar-refractivity contribution < 1.29 is 0 Å². The summed E-state index contributed by atoms with van der Waals surface area (Å²) in [5.74, 6) is 0.919. The van der Waals surface area contributed by atoms with Gasteiger partial charge in [0.15, 0.2) is 5.96 Å². The lowest BCUT2D eigenvalue weighted by Crippen LogP contribution is -2.43. The molecule has 0 bridgehead atoms. The van der Waals surface area contributed by atoms with E-state index in [0.29, 0.717) is 6.04 Å². The molecule has 2 N–H and O–H groups in total. The van der Waals surface area contributed by atoms with Crippen molar-refractivity contribution >= 4 is 29.9 Å². The highest BCUT2D eigenvalue weighted by atomic mass is 127. The molecule has 0 aromatic carbocycles. The van der Waals surface area contributed by atoms with Gasteiger partial charge in [-0.1, -0.05) is 13.8 Å². The predicted octanol–water partition coefficient (Wildman–Crippen LogP) is 3.26. The Hall–Kier alpha value is -0.830. The Kier molecular flexibility index (Phi) is 13.8. The third-order valence-corrected chi connectivity index (χ3v) is 4.94. The Labute approximate surface area is 183 Å². The van der Waals surface area contributed by atoms with Crippen LogP contribution in [0.2, 0.25) is 0 Å². The van der Waals surface area contributed by atoms with Gasteiger partial charge in [0.25, 0.3) is 0 Å². The van der Waals surface area contributed by atoms with E-state index in [1.54, 1.807) is 0 Å². The molecule has 0 spiro atoms. The molecule has 158 valence electrons. The van der Waals surface area contributed by atoms with Crippen LogP contribution in [-0.4, -0.2) is 59.4 Å². The van der Waals surface area contributed by atoms with Gasteiger partial charge in [-0.25, -0.2) is 0 Å². The molecule has 27 heavy (non-hydrogen) atoms. The Morgan fingerprint density at radius 3 is 2.37 bits per heavy atom. The quantitative estimate of drug-likeness (QED) is 0.216. The van der Waals surface area contributed by atoms with Crippen LogP contribution >= 0.6 is 24.0 Å². The first kappa shape index (κ1) is 26.2. The van der Waals surface area contributed by atoms with Crippen LogP contribution < -0.4 is 10.6 Å². The Morgan fingerprint density at radius 1 is 1.19 bits per heavy atom. The minimum absolute atomic E-state index is 0. The summed E-state index contributed by atoms with van der Waals surface area (Å²) in [6, 6.07) is 0.310. The van der Waals surface area contributed by atoms with E-state index >= 15 is 0 Å². The Bertz CT molecular complexity index is 551. The highest BCUT2D eigenvalue weighted by molar-refractivity contribution is 14.0. The molecule has 0 aliphatic heterocycles. The molecule has 1 aromatic heterocycles. The fourth-order valence-electron chi connectivity index (χ4n) is 3.20. The van der Waals surface area contributed by atoms with E-state index in [1.165, 1.54) is 24.2 Å². The molecule has 1 heterocycles. The molecule has 0 amide bonds. The maximum Gasteiger partial charge on any atom is 0.191 e. The maximum absolute atomic E-state index is 4.75. The summed E-state index contributed by atoms with van der Waals surface area (Å²) in [7, 11) is 2.01. The second kappa shape index (κ2) is 14.2. The average molecular weight is 492 g/mol. The fourth-order valence-corrected chi connectivity index (χ4v) is 3.20. The van der Waals surface area contributed by atoms with Gasteiger partial charge in [-0.2, -0.15) is 5.10 Å². The molecule has 0 aliphatic carbocycles. The number of rotatable bonds is 11. The second-order valence-electron chi connectivity index (χ2n) is 7.02. The van der Waals surface area contributed by atoms with E-state index in [1.807, 2.05) is 11.7 Å². The molecule has 1 unspecified atom stereocenters. The summed E-state index contributed by atoms with van der Waals surface area (Å²) < 4.78 is 1.96. The first-order chi connectivity index (χ1) is 12.4. The standard InChI is InChI=1S/C20H40N6.HI/c1-8-21-20(22-13-11-12-14-26(9-2)10-3)23-16(4)15-19-17(5)24-25(7)18(19)6;/h16H,8-15H2,1-7H3,(H2,21,22,23);1H. The van der Waals surface area contributed by atoms with Gasteiger partial charge in [-0.15, -0.1) is 24.0 Å². The summed E-state index contributed by atoms with van der Waals surface area (Å²) in [6.07, 6.45) is 3.29. The number of hydrogen-bond acceptors (Lipinski definition) is 3. The minimum Gasteiger partial charge on any atom is -0.357 e. The minimum atomic E-state index is 0. The van der Waals surface area contributed by atoms with Crippen molar-refractivity contribution in [3.8, 4) is 0 Å². The number of aliphatic imine (C=N–C) groups is 1. The topological polar surface area (TPSA) is 57.5 Å². The third kappa shape index (κ3) is 9.27. The smallest absolute Gasteiger partial charge is 0.191 e. The Balaban J connectivity index is 0.00000676. The highest BCUT2D eigenvalue weighted by Gasteiger charge is 2.13. The van der Waals surface area contributed by atoms with Crippen LogP contribution in [0, 0.1) is 13.8 Å². The average Bonchev–Trinajstić information content (AvgIpc) is 2.84. The zero-order chi connectivity index (χ0) is 19.5. The second-order valence-corrected chi connectivity index (χ2v) is 7.02. The van der Waals surface area contributed by atoms with Gasteiger partial charge in [-0.05, 0) is 72.2 Å². The molecule has 6 nitrogen and oxygen atoms in total. The van der Waals surface area contributed by atoms with Crippen LogP contribution in [0.4, 0.5) is 0 Å². The van der Waals surface area contributed by atoms with E-state index in [9.17, 15) is 0 Å². The van der Waals surface area contributed by atoms with Gasteiger partial charge in [0.1, 0.15) is 0 Å². The largest absolute Gasteiger partial charge is 0.357 e. The zero-order valence-corrected chi connectivity index (χ0v) is 20.8. The summed E-state index contributed by atoms with van der Waals surface area (Å²) in [4.78, 5) is 7.21. The van der Waals surface area contributed by atoms with Crippen LogP contribution in [0.3, 0.4) is 0 Å². The molecule has 0 aliphatic rings. The molecule has 1 atom stereocenters. The predicted molar refractivity (Wildman–Crippen MR) is 127 cm³/mol. The molecule has 7 heteroatoms. The van der Waals surface area contributed by atoms with Crippen molar-refractivity contribution in [2.24, 2.45) is 12.0 Å². The van der Waals surface area contributed by atoms with Crippen LogP contribution in [0.1, 0.15) is 57.5 Å². The molecule has 0 fully saturated rings. The van der Waals surface area contributed by atoms with E-state index in [4.69, 9.17) is 4.99 Å². The number of halogens is 1. The molecule has 0 radical (unpaired) electrons. The number of hydrogen-bond donors (Lipinski definition) is 2. The normalized spacial score (nSPS) is 12.8. The summed E-state index contributed by atoms with van der Waals surface area (Å²) in [5, 5.41) is 11.4. The van der Waals surface area contributed by atoms with Gasteiger partial charge in [0.2, 0.25) is 0 Å². The number of unbranched alkanes of at least 4 members (excludes halogenated alkanes) is 1. The van der Waals surface area contributed by atoms with Gasteiger partial charge in [0.05, 0.1) is 5.69 Å². The SMILES string of the molecule is CCNC(=NCCCCN(CC)CC)NC(C)Cc1c(C)nn(C)c1C.I. The van der Waals surface area contributed by atoms with Crippen molar-refractivity contribution in [2.75, 3.05) is 32.7 Å². The highest BCUT2D eigenvalue weighted by Crippen LogP contribution is 2.14. The third-order valence-electron chi connectivity index (χ3n) is 4.94. The lowest BCUT2D eigenvalue weighted by molar-refractivity contribution is 0.297. The first-order valence-corrected chi connectivity index (χ1v) is 10.2. The monoisotopic (exact) mass is 492 g/mol. The number of aromatic nitrogens is 2. The Morgan fingerprint density at radius 2 is 1.85 bits per heavy atom. The number of nitrogens with one attached hydrogen (secondary N) is 2. The summed E-state index contributed by atoms with van der Waals surface area (Å²) in [6.45, 7) is 18.2. The summed E-state index contributed by atoms with van der Waals surface area (Å²) in [5.41, 5.74) is 3.70. The zero-order valence-electron chi connectivity index (χ0n) is 18.4. The van der Waals surface area contributed by atoms with Gasteiger partial charge >= 0.3 is 0 Å². The molecule has 0 saturated heterocycles. The van der Waals surface area contributed by atoms with Crippen molar-refractivity contribution in [2.45, 2.75) is 66.8 Å². The number of nitrogens with zero attached hydrogens (tertiary/aromatic N) is 4. The first-order valence-electron chi connectivity index (χ1n) is 10.2. The van der Waals surface area contributed by atoms with Crippen LogP contribution in [-0.2, 0) is 13.5 Å². The molecular weight excluding hydrogens is 451 g/mol. The lowest BCUT2D eigenvalue weighted by atomic mass is 10.1. The fraction of sp³-hybridized carbons (Fsp3) is 0.800. The molecule has 0 saturated carbocycles. The van der Waals surface area contributed by atoms with Crippen molar-refractivity contribution in [1.29, 1.82) is 0 Å². The molecule has 1 rings (SSSR count). The van der Waals surface area contributed by atoms with Crippen LogP contribution in [0.5, 0.6) is 0 Å². The number of aryl methyl sites for hydroxylation is 2. The van der Waals surface area contributed by atoms with E-state index in [0.717, 1.165) is 50.7 Å². The van der Waals surface area contributed by atoms with E-state index in [2.05, 4.69) is 62.2 Å². The van der Waals surface area contributed by atoms with Gasteiger partial charge in [0, 0.05) is 31.9 Å². The van der Waals surface area contributed by atoms with Crippen LogP contribution in [0.25, 0.3) is 0 Å². The molecule has 1 aromatic rings. The number of guanidine groups is 1. The van der Waals surface area contributed by atoms with Crippen molar-refractivity contribution in [1.82, 2.24) is 25.3 Å². The van der Waals surface area contributed by atoms with Crippen molar-refractivity contribution in [3.63, 3.8) is 0 Å². The van der Waals surface area contributed by atoms with Gasteiger partial charge in [-0.3, -0.25) is 9.67 Å². The van der Waals surface area contributed by atoms with Gasteiger partial charge < -0.3 is 15.5 Å². The lowest BCUT2D eigenvalue weighted by Gasteiger charge is -2.19. The van der Waals surface area contributed by atoms with E-state index < -0.39 is 0 Å². The molecular formula is C20H41IN6. The maximum atomic E-state index is 4.75.